The molecule has 0 aromatic heterocycles. The summed E-state index contributed by atoms with van der Waals surface area (Å²) < 4.78 is 5.19. The number of likely N-dealkylation sites (tertiary alicyclic amines) is 1. The van der Waals surface area contributed by atoms with Gasteiger partial charge in [-0.15, -0.1) is 0 Å². The molecule has 2 amide bonds. The molecule has 5 heteroatoms. The van der Waals surface area contributed by atoms with Gasteiger partial charge in [-0.2, -0.15) is 0 Å². The van der Waals surface area contributed by atoms with Crippen molar-refractivity contribution in [3.8, 4) is 5.75 Å². The molecule has 1 aromatic rings. The van der Waals surface area contributed by atoms with E-state index in [4.69, 9.17) is 4.74 Å². The van der Waals surface area contributed by atoms with Gasteiger partial charge in [0.2, 0.25) is 0 Å². The summed E-state index contributed by atoms with van der Waals surface area (Å²) in [5.74, 6) is 1.77. The van der Waals surface area contributed by atoms with Crippen molar-refractivity contribution in [2.75, 3.05) is 40.8 Å². The maximum atomic E-state index is 12.5. The molecule has 1 aliphatic heterocycles. The van der Waals surface area contributed by atoms with Crippen LogP contribution in [-0.4, -0.2) is 62.7 Å². The number of methoxy groups -OCH3 is 1. The van der Waals surface area contributed by atoms with Gasteiger partial charge >= 0.3 is 6.03 Å². The molecule has 0 radical (unpaired) electrons. The van der Waals surface area contributed by atoms with Gasteiger partial charge in [-0.05, 0) is 56.0 Å². The van der Waals surface area contributed by atoms with E-state index < -0.39 is 0 Å². The topological polar surface area (TPSA) is 44.8 Å². The average Bonchev–Trinajstić information content (AvgIpc) is 2.60. The molecule has 0 bridgehead atoms. The highest BCUT2D eigenvalue weighted by molar-refractivity contribution is 5.74. The maximum absolute atomic E-state index is 12.5. The number of nitrogens with one attached hydrogen (secondary N) is 1. The first kappa shape index (κ1) is 19.6. The van der Waals surface area contributed by atoms with Crippen LogP contribution in [0.25, 0.3) is 0 Å². The monoisotopic (exact) mass is 347 g/mol. The molecule has 1 saturated heterocycles. The van der Waals surface area contributed by atoms with Crippen molar-refractivity contribution in [2.45, 2.75) is 32.7 Å². The zero-order valence-electron chi connectivity index (χ0n) is 16.3. The molecule has 0 unspecified atom stereocenters. The second-order valence-electron chi connectivity index (χ2n) is 7.55. The third-order valence-corrected chi connectivity index (χ3v) is 5.23. The minimum atomic E-state index is 0.0444. The first-order valence-electron chi connectivity index (χ1n) is 9.22. The molecule has 0 aliphatic carbocycles. The molecule has 1 N–H and O–H groups in total. The highest BCUT2D eigenvalue weighted by atomic mass is 16.5. The second-order valence-corrected chi connectivity index (χ2v) is 7.55. The third kappa shape index (κ3) is 5.63. The van der Waals surface area contributed by atoms with Gasteiger partial charge in [0.05, 0.1) is 7.11 Å². The molecular weight excluding hydrogens is 314 g/mol. The Kier molecular flexibility index (Phi) is 7.12. The summed E-state index contributed by atoms with van der Waals surface area (Å²) >= 11 is 0. The molecule has 1 heterocycles. The van der Waals surface area contributed by atoms with Gasteiger partial charge in [0.15, 0.2) is 0 Å². The van der Waals surface area contributed by atoms with Crippen molar-refractivity contribution >= 4 is 6.03 Å². The van der Waals surface area contributed by atoms with Gasteiger partial charge in [-0.25, -0.2) is 4.79 Å². The molecule has 0 saturated carbocycles. The van der Waals surface area contributed by atoms with E-state index in [0.717, 1.165) is 31.7 Å². The van der Waals surface area contributed by atoms with Crippen LogP contribution in [0, 0.1) is 11.8 Å². The summed E-state index contributed by atoms with van der Waals surface area (Å²) in [5.41, 5.74) is 1.26. The van der Waals surface area contributed by atoms with Gasteiger partial charge in [0.1, 0.15) is 5.75 Å². The third-order valence-electron chi connectivity index (χ3n) is 5.23. The molecule has 0 spiro atoms. The number of amides is 2. The van der Waals surface area contributed by atoms with Gasteiger partial charge < -0.3 is 19.9 Å². The maximum Gasteiger partial charge on any atom is 0.317 e. The lowest BCUT2D eigenvalue weighted by Crippen LogP contribution is -2.52. The molecule has 1 aliphatic rings. The highest BCUT2D eigenvalue weighted by Crippen LogP contribution is 2.20. The fourth-order valence-electron chi connectivity index (χ4n) is 3.69. The number of urea groups is 1. The van der Waals surface area contributed by atoms with E-state index in [9.17, 15) is 4.79 Å². The normalized spacial score (nSPS) is 22.3. The van der Waals surface area contributed by atoms with Crippen molar-refractivity contribution in [1.29, 1.82) is 0 Å². The predicted octanol–water partition coefficient (Wildman–Crippen LogP) is 2.86. The SMILES string of the molecule is COc1ccc(C[C@H](C)CNC(=O)N(C)[C@@H]2CCN(C)C[C@H]2C)cc1. The molecule has 1 aromatic carbocycles. The van der Waals surface area contributed by atoms with Crippen molar-refractivity contribution in [3.05, 3.63) is 29.8 Å². The van der Waals surface area contributed by atoms with E-state index in [1.807, 2.05) is 24.1 Å². The summed E-state index contributed by atoms with van der Waals surface area (Å²) in [4.78, 5) is 16.7. The lowest BCUT2D eigenvalue weighted by molar-refractivity contribution is 0.107. The molecular formula is C20H33N3O2. The number of nitrogens with zero attached hydrogens (tertiary/aromatic N) is 2. The van der Waals surface area contributed by atoms with E-state index in [-0.39, 0.29) is 6.03 Å². The molecule has 2 rings (SSSR count). The van der Waals surface area contributed by atoms with E-state index in [1.165, 1.54) is 5.56 Å². The Bertz CT molecular complexity index is 546. The van der Waals surface area contributed by atoms with Crippen LogP contribution in [0.1, 0.15) is 25.8 Å². The van der Waals surface area contributed by atoms with Crippen LogP contribution in [0.5, 0.6) is 5.75 Å². The number of piperidine rings is 1. The Morgan fingerprint density at radius 1 is 1.40 bits per heavy atom. The molecule has 1 fully saturated rings. The van der Waals surface area contributed by atoms with Crippen LogP contribution in [0.4, 0.5) is 4.79 Å². The fourth-order valence-corrected chi connectivity index (χ4v) is 3.69. The summed E-state index contributed by atoms with van der Waals surface area (Å²) in [6.45, 7) is 7.20. The number of benzene rings is 1. The minimum Gasteiger partial charge on any atom is -0.497 e. The quantitative estimate of drug-likeness (QED) is 0.861. The molecule has 140 valence electrons. The van der Waals surface area contributed by atoms with Gasteiger partial charge in [0.25, 0.3) is 0 Å². The van der Waals surface area contributed by atoms with Gasteiger partial charge in [-0.1, -0.05) is 26.0 Å². The average molecular weight is 348 g/mol. The molecule has 5 nitrogen and oxygen atoms in total. The number of hydrogen-bond donors (Lipinski definition) is 1. The Morgan fingerprint density at radius 2 is 2.08 bits per heavy atom. The molecule has 25 heavy (non-hydrogen) atoms. The Labute approximate surface area is 152 Å². The molecule has 3 atom stereocenters. The zero-order valence-corrected chi connectivity index (χ0v) is 16.3. The van der Waals surface area contributed by atoms with Crippen LogP contribution in [-0.2, 0) is 6.42 Å². The number of carbonyl (C=O) groups is 1. The first-order chi connectivity index (χ1) is 11.9. The Morgan fingerprint density at radius 3 is 2.68 bits per heavy atom. The van der Waals surface area contributed by atoms with Crippen LogP contribution in [0.2, 0.25) is 0 Å². The van der Waals surface area contributed by atoms with E-state index in [0.29, 0.717) is 24.4 Å². The van der Waals surface area contributed by atoms with Crippen LogP contribution in [0.3, 0.4) is 0 Å². The van der Waals surface area contributed by atoms with Crippen molar-refractivity contribution in [3.63, 3.8) is 0 Å². The Hall–Kier alpha value is -1.75. The van der Waals surface area contributed by atoms with Crippen molar-refractivity contribution < 1.29 is 9.53 Å². The summed E-state index contributed by atoms with van der Waals surface area (Å²) in [5, 5.41) is 3.10. The van der Waals surface area contributed by atoms with E-state index in [2.05, 4.69) is 43.2 Å². The lowest BCUT2D eigenvalue weighted by Gasteiger charge is -2.40. The summed E-state index contributed by atoms with van der Waals surface area (Å²) in [7, 11) is 5.75. The van der Waals surface area contributed by atoms with Crippen molar-refractivity contribution in [1.82, 2.24) is 15.1 Å². The highest BCUT2D eigenvalue weighted by Gasteiger charge is 2.29. The largest absolute Gasteiger partial charge is 0.497 e. The number of carbonyl (C=O) groups excluding carboxylic acids is 1. The standard InChI is InChI=1S/C20H33N3O2/c1-15(12-17-6-8-18(25-5)9-7-17)13-21-20(24)23(4)19-10-11-22(3)14-16(19)2/h6-9,15-16,19H,10-14H2,1-5H3,(H,21,24)/t15-,16+,19+/m0/s1. The smallest absolute Gasteiger partial charge is 0.317 e. The Balaban J connectivity index is 1.78. The van der Waals surface area contributed by atoms with Crippen LogP contribution in [0.15, 0.2) is 24.3 Å². The lowest BCUT2D eigenvalue weighted by atomic mass is 9.93. The zero-order chi connectivity index (χ0) is 18.4. The number of ether oxygens (including phenoxy) is 1. The number of rotatable bonds is 6. The summed E-state index contributed by atoms with van der Waals surface area (Å²) in [6.07, 6.45) is 1.99. The minimum absolute atomic E-state index is 0.0444. The van der Waals surface area contributed by atoms with E-state index >= 15 is 0 Å². The van der Waals surface area contributed by atoms with E-state index in [1.54, 1.807) is 7.11 Å². The number of hydrogen-bond acceptors (Lipinski definition) is 3. The van der Waals surface area contributed by atoms with Crippen LogP contribution >= 0.6 is 0 Å². The second kappa shape index (κ2) is 9.09. The van der Waals surface area contributed by atoms with Gasteiger partial charge in [0, 0.05) is 26.2 Å². The van der Waals surface area contributed by atoms with Gasteiger partial charge in [-0.3, -0.25) is 0 Å². The predicted molar refractivity (Wildman–Crippen MR) is 102 cm³/mol. The summed E-state index contributed by atoms with van der Waals surface area (Å²) in [6, 6.07) is 8.51. The fraction of sp³-hybridized carbons (Fsp3) is 0.650. The van der Waals surface area contributed by atoms with Crippen molar-refractivity contribution in [2.24, 2.45) is 11.8 Å². The first-order valence-corrected chi connectivity index (χ1v) is 9.22. The van der Waals surface area contributed by atoms with Crippen LogP contribution < -0.4 is 10.1 Å².